The summed E-state index contributed by atoms with van der Waals surface area (Å²) in [6.45, 7) is 6.20. The first-order chi connectivity index (χ1) is 7.59. The molecule has 1 fully saturated rings. The van der Waals surface area contributed by atoms with Gasteiger partial charge >= 0.3 is 0 Å². The number of fused-ring (bicyclic) bond motifs is 1. The van der Waals surface area contributed by atoms with E-state index < -0.39 is 0 Å². The molecule has 1 atom stereocenters. The summed E-state index contributed by atoms with van der Waals surface area (Å²) in [6.07, 6.45) is 2.25. The molecule has 2 aliphatic rings. The minimum atomic E-state index is 0.213. The second kappa shape index (κ2) is 3.01. The van der Waals surface area contributed by atoms with Gasteiger partial charge in [-0.1, -0.05) is 26.0 Å². The highest BCUT2D eigenvalue weighted by molar-refractivity contribution is 5.46. The zero-order valence-electron chi connectivity index (χ0n) is 10.0. The molecule has 1 aromatic carbocycles. The highest BCUT2D eigenvalue weighted by Gasteiger charge is 2.60. The quantitative estimate of drug-likeness (QED) is 0.824. The number of benzene rings is 1. The molecule has 1 aromatic rings. The molecule has 1 unspecified atom stereocenters. The molecule has 1 heterocycles. The van der Waals surface area contributed by atoms with Crippen molar-refractivity contribution >= 4 is 0 Å². The molecular formula is C14H19NO. The minimum absolute atomic E-state index is 0.213. The summed E-state index contributed by atoms with van der Waals surface area (Å²) in [4.78, 5) is 0. The van der Waals surface area contributed by atoms with E-state index in [1.807, 2.05) is 0 Å². The van der Waals surface area contributed by atoms with Gasteiger partial charge in [0.2, 0.25) is 0 Å². The lowest BCUT2D eigenvalue weighted by molar-refractivity contribution is 0.356. The fourth-order valence-corrected chi connectivity index (χ4v) is 3.15. The van der Waals surface area contributed by atoms with E-state index in [4.69, 9.17) is 10.5 Å². The summed E-state index contributed by atoms with van der Waals surface area (Å²) in [5.41, 5.74) is 9.32. The van der Waals surface area contributed by atoms with Crippen LogP contribution in [0.1, 0.15) is 31.4 Å². The van der Waals surface area contributed by atoms with Gasteiger partial charge in [0.05, 0.1) is 6.61 Å². The van der Waals surface area contributed by atoms with Crippen LogP contribution < -0.4 is 10.5 Å². The molecule has 86 valence electrons. The van der Waals surface area contributed by atoms with Crippen LogP contribution >= 0.6 is 0 Å². The second-order valence-electron chi connectivity index (χ2n) is 5.77. The molecule has 1 saturated carbocycles. The van der Waals surface area contributed by atoms with Crippen LogP contribution in [0.5, 0.6) is 5.75 Å². The van der Waals surface area contributed by atoms with Gasteiger partial charge in [0.15, 0.2) is 0 Å². The molecule has 0 aromatic heterocycles. The standard InChI is InChI=1S/C14H19NO/c1-13(2)8-14(13,9-15)11-3-4-12-10(7-11)5-6-16-12/h3-4,7H,5-6,8-9,15H2,1-2H3. The van der Waals surface area contributed by atoms with Crippen LogP contribution in [-0.2, 0) is 11.8 Å². The van der Waals surface area contributed by atoms with Crippen LogP contribution in [0.25, 0.3) is 0 Å². The monoisotopic (exact) mass is 217 g/mol. The van der Waals surface area contributed by atoms with E-state index in [0.29, 0.717) is 5.41 Å². The third kappa shape index (κ3) is 1.17. The molecule has 3 rings (SSSR count). The van der Waals surface area contributed by atoms with Crippen molar-refractivity contribution in [3.8, 4) is 5.75 Å². The van der Waals surface area contributed by atoms with Gasteiger partial charge in [-0.05, 0) is 29.0 Å². The van der Waals surface area contributed by atoms with E-state index in [1.54, 1.807) is 0 Å². The highest BCUT2D eigenvalue weighted by Crippen LogP contribution is 2.63. The van der Waals surface area contributed by atoms with Crippen LogP contribution in [-0.4, -0.2) is 13.2 Å². The van der Waals surface area contributed by atoms with Crippen molar-refractivity contribution in [3.63, 3.8) is 0 Å². The zero-order valence-corrected chi connectivity index (χ0v) is 10.0. The topological polar surface area (TPSA) is 35.2 Å². The van der Waals surface area contributed by atoms with Gasteiger partial charge in [0, 0.05) is 18.4 Å². The lowest BCUT2D eigenvalue weighted by Crippen LogP contribution is -2.25. The van der Waals surface area contributed by atoms with Gasteiger partial charge in [-0.2, -0.15) is 0 Å². The van der Waals surface area contributed by atoms with Crippen molar-refractivity contribution in [1.82, 2.24) is 0 Å². The van der Waals surface area contributed by atoms with E-state index in [0.717, 1.165) is 25.3 Å². The van der Waals surface area contributed by atoms with Crippen molar-refractivity contribution in [3.05, 3.63) is 29.3 Å². The zero-order chi connectivity index (χ0) is 11.4. The predicted octanol–water partition coefficient (Wildman–Crippen LogP) is 2.25. The molecule has 1 aliphatic carbocycles. The Morgan fingerprint density at radius 1 is 1.38 bits per heavy atom. The van der Waals surface area contributed by atoms with E-state index >= 15 is 0 Å². The van der Waals surface area contributed by atoms with Gasteiger partial charge in [-0.3, -0.25) is 0 Å². The lowest BCUT2D eigenvalue weighted by atomic mass is 9.87. The summed E-state index contributed by atoms with van der Waals surface area (Å²) in [6, 6.07) is 6.62. The molecule has 0 saturated heterocycles. The third-order valence-electron chi connectivity index (χ3n) is 4.50. The Labute approximate surface area is 96.8 Å². The Balaban J connectivity index is 2.02. The summed E-state index contributed by atoms with van der Waals surface area (Å²) >= 11 is 0. The molecule has 2 N–H and O–H groups in total. The molecule has 0 amide bonds. The van der Waals surface area contributed by atoms with Crippen LogP contribution in [0.3, 0.4) is 0 Å². The first kappa shape index (κ1) is 10.2. The highest BCUT2D eigenvalue weighted by atomic mass is 16.5. The van der Waals surface area contributed by atoms with Crippen LogP contribution in [0.4, 0.5) is 0 Å². The molecule has 0 bridgehead atoms. The molecular weight excluding hydrogens is 198 g/mol. The second-order valence-corrected chi connectivity index (χ2v) is 5.77. The maximum absolute atomic E-state index is 5.99. The molecule has 1 aliphatic heterocycles. The Hall–Kier alpha value is -1.02. The molecule has 2 nitrogen and oxygen atoms in total. The molecule has 0 radical (unpaired) electrons. The minimum Gasteiger partial charge on any atom is -0.493 e. The smallest absolute Gasteiger partial charge is 0.122 e. The summed E-state index contributed by atoms with van der Waals surface area (Å²) in [7, 11) is 0. The summed E-state index contributed by atoms with van der Waals surface area (Å²) in [5.74, 6) is 1.06. The fourth-order valence-electron chi connectivity index (χ4n) is 3.15. The summed E-state index contributed by atoms with van der Waals surface area (Å²) < 4.78 is 5.54. The van der Waals surface area contributed by atoms with E-state index in [-0.39, 0.29) is 5.41 Å². The average Bonchev–Trinajstić information content (AvgIpc) is 2.63. The van der Waals surface area contributed by atoms with Crippen LogP contribution in [0.2, 0.25) is 0 Å². The normalized spacial score (nSPS) is 29.7. The number of hydrogen-bond donors (Lipinski definition) is 1. The predicted molar refractivity (Wildman–Crippen MR) is 64.8 cm³/mol. The first-order valence-corrected chi connectivity index (χ1v) is 6.05. The van der Waals surface area contributed by atoms with Crippen LogP contribution in [0.15, 0.2) is 18.2 Å². The molecule has 0 spiro atoms. The fraction of sp³-hybridized carbons (Fsp3) is 0.571. The van der Waals surface area contributed by atoms with E-state index in [2.05, 4.69) is 32.0 Å². The number of rotatable bonds is 2. The van der Waals surface area contributed by atoms with Crippen molar-refractivity contribution in [2.45, 2.75) is 32.1 Å². The van der Waals surface area contributed by atoms with E-state index in [1.165, 1.54) is 17.5 Å². The van der Waals surface area contributed by atoms with Crippen molar-refractivity contribution in [2.75, 3.05) is 13.2 Å². The van der Waals surface area contributed by atoms with Crippen molar-refractivity contribution in [1.29, 1.82) is 0 Å². The number of ether oxygens (including phenoxy) is 1. The number of nitrogens with two attached hydrogens (primary N) is 1. The SMILES string of the molecule is CC1(C)CC1(CN)c1ccc2c(c1)CCO2. The maximum Gasteiger partial charge on any atom is 0.122 e. The van der Waals surface area contributed by atoms with Gasteiger partial charge in [-0.15, -0.1) is 0 Å². The molecule has 16 heavy (non-hydrogen) atoms. The Morgan fingerprint density at radius 3 is 2.75 bits per heavy atom. The Kier molecular flexibility index (Phi) is 1.91. The van der Waals surface area contributed by atoms with E-state index in [9.17, 15) is 0 Å². The van der Waals surface area contributed by atoms with Gasteiger partial charge in [0.25, 0.3) is 0 Å². The third-order valence-corrected chi connectivity index (χ3v) is 4.50. The number of hydrogen-bond acceptors (Lipinski definition) is 2. The molecule has 2 heteroatoms. The Morgan fingerprint density at radius 2 is 2.12 bits per heavy atom. The lowest BCUT2D eigenvalue weighted by Gasteiger charge is -2.19. The van der Waals surface area contributed by atoms with Crippen molar-refractivity contribution in [2.24, 2.45) is 11.1 Å². The average molecular weight is 217 g/mol. The largest absolute Gasteiger partial charge is 0.493 e. The first-order valence-electron chi connectivity index (χ1n) is 6.05. The Bertz CT molecular complexity index is 438. The van der Waals surface area contributed by atoms with Gasteiger partial charge in [-0.25, -0.2) is 0 Å². The maximum atomic E-state index is 5.99. The van der Waals surface area contributed by atoms with Gasteiger partial charge in [0.1, 0.15) is 5.75 Å². The summed E-state index contributed by atoms with van der Waals surface area (Å²) in [5, 5.41) is 0. The van der Waals surface area contributed by atoms with Crippen LogP contribution in [0, 0.1) is 5.41 Å². The van der Waals surface area contributed by atoms with Gasteiger partial charge < -0.3 is 10.5 Å². The van der Waals surface area contributed by atoms with Crippen molar-refractivity contribution < 1.29 is 4.74 Å².